The minimum atomic E-state index is -1.09. The highest BCUT2D eigenvalue weighted by atomic mass is 19.1. The van der Waals surface area contributed by atoms with Crippen molar-refractivity contribution in [2.45, 2.75) is 18.9 Å². The number of methoxy groups -OCH3 is 1. The van der Waals surface area contributed by atoms with Crippen molar-refractivity contribution < 1.29 is 28.2 Å². The van der Waals surface area contributed by atoms with E-state index in [1.54, 1.807) is 49.6 Å². The molecule has 9 heteroatoms. The van der Waals surface area contributed by atoms with Gasteiger partial charge in [0.15, 0.2) is 0 Å². The van der Waals surface area contributed by atoms with E-state index in [-0.39, 0.29) is 24.2 Å². The lowest BCUT2D eigenvalue weighted by atomic mass is 10.0. The molecule has 1 heterocycles. The molecule has 0 fully saturated rings. The van der Waals surface area contributed by atoms with E-state index in [1.165, 1.54) is 18.1 Å². The predicted octanol–water partition coefficient (Wildman–Crippen LogP) is 4.09. The number of halogens is 2. The van der Waals surface area contributed by atoms with Crippen molar-refractivity contribution in [3.8, 4) is 11.5 Å². The lowest BCUT2D eigenvalue weighted by Gasteiger charge is -2.25. The Bertz CT molecular complexity index is 1380. The van der Waals surface area contributed by atoms with Gasteiger partial charge >= 0.3 is 0 Å². The van der Waals surface area contributed by atoms with Gasteiger partial charge < -0.3 is 25.0 Å². The van der Waals surface area contributed by atoms with E-state index in [0.29, 0.717) is 22.4 Å². The summed E-state index contributed by atoms with van der Waals surface area (Å²) in [5.41, 5.74) is 2.16. The number of amides is 2. The molecule has 7 nitrogen and oxygen atoms in total. The summed E-state index contributed by atoms with van der Waals surface area (Å²) in [6.45, 7) is 0. The van der Waals surface area contributed by atoms with Crippen molar-refractivity contribution in [2.24, 2.45) is 0 Å². The van der Waals surface area contributed by atoms with Crippen molar-refractivity contribution in [3.05, 3.63) is 89.6 Å². The normalized spacial score (nSPS) is 11.8. The van der Waals surface area contributed by atoms with Crippen molar-refractivity contribution in [2.75, 3.05) is 19.1 Å². The Morgan fingerprint density at radius 1 is 1.06 bits per heavy atom. The third-order valence-electron chi connectivity index (χ3n) is 5.89. The van der Waals surface area contributed by atoms with Crippen molar-refractivity contribution in [3.63, 3.8) is 0 Å². The average Bonchev–Trinajstić information content (AvgIpc) is 3.23. The summed E-state index contributed by atoms with van der Waals surface area (Å²) in [4.78, 5) is 30.8. The van der Waals surface area contributed by atoms with Crippen molar-refractivity contribution in [1.29, 1.82) is 0 Å². The molecule has 0 spiro atoms. The smallest absolute Gasteiger partial charge is 0.249 e. The number of aromatic nitrogens is 1. The zero-order valence-corrected chi connectivity index (χ0v) is 19.7. The Morgan fingerprint density at radius 3 is 2.42 bits per heavy atom. The van der Waals surface area contributed by atoms with Crippen LogP contribution >= 0.6 is 0 Å². The molecule has 0 aliphatic heterocycles. The van der Waals surface area contributed by atoms with E-state index in [4.69, 9.17) is 4.74 Å². The molecule has 2 amide bonds. The van der Waals surface area contributed by atoms with Crippen LogP contribution in [-0.2, 0) is 22.4 Å². The van der Waals surface area contributed by atoms with E-state index in [0.717, 1.165) is 23.7 Å². The van der Waals surface area contributed by atoms with E-state index in [9.17, 15) is 23.5 Å². The first-order valence-electron chi connectivity index (χ1n) is 11.2. The number of rotatable bonds is 8. The molecule has 186 valence electrons. The Kier molecular flexibility index (Phi) is 7.19. The second kappa shape index (κ2) is 10.5. The Morgan fingerprint density at radius 2 is 1.75 bits per heavy atom. The maximum absolute atomic E-state index is 13.8. The lowest BCUT2D eigenvalue weighted by Crippen LogP contribution is -2.49. The lowest BCUT2D eigenvalue weighted by molar-refractivity contribution is -0.127. The predicted molar refractivity (Wildman–Crippen MR) is 132 cm³/mol. The fourth-order valence-corrected chi connectivity index (χ4v) is 4.06. The van der Waals surface area contributed by atoms with Gasteiger partial charge in [-0.1, -0.05) is 0 Å². The first-order valence-corrected chi connectivity index (χ1v) is 11.2. The first-order chi connectivity index (χ1) is 17.2. The number of nitrogens with one attached hydrogen (secondary N) is 2. The van der Waals surface area contributed by atoms with Gasteiger partial charge in [0.2, 0.25) is 11.8 Å². The second-order valence-electron chi connectivity index (χ2n) is 8.42. The maximum atomic E-state index is 13.8. The SMILES string of the molecule is COc1ccc(N(C)C(=O)[C@H](Cc2cc(F)cc(F)c2)NC(=O)Cc2c[nH]c3ccc(O)cc23)cc1. The highest BCUT2D eigenvalue weighted by Crippen LogP contribution is 2.24. The van der Waals surface area contributed by atoms with Crippen LogP contribution in [0.1, 0.15) is 11.1 Å². The van der Waals surface area contributed by atoms with E-state index >= 15 is 0 Å². The van der Waals surface area contributed by atoms with Gasteiger partial charge in [-0.2, -0.15) is 0 Å². The zero-order valence-electron chi connectivity index (χ0n) is 19.7. The van der Waals surface area contributed by atoms with E-state index in [2.05, 4.69) is 10.3 Å². The van der Waals surface area contributed by atoms with E-state index < -0.39 is 29.5 Å². The molecule has 0 unspecified atom stereocenters. The van der Waals surface area contributed by atoms with Crippen molar-refractivity contribution in [1.82, 2.24) is 10.3 Å². The number of hydrogen-bond acceptors (Lipinski definition) is 4. The third kappa shape index (κ3) is 5.63. The van der Waals surface area contributed by atoms with Crippen LogP contribution in [0.3, 0.4) is 0 Å². The summed E-state index contributed by atoms with van der Waals surface area (Å²) in [5, 5.41) is 13.2. The standard InChI is InChI=1S/C27H25F2N3O4/c1-32(20-3-6-22(36-2)7-4-20)27(35)25(11-16-9-18(28)13-19(29)10-16)31-26(34)12-17-15-30-24-8-5-21(33)14-23(17)24/h3-10,13-15,25,30,33H,11-12H2,1-2H3,(H,31,34)/t25-/m0/s1. The highest BCUT2D eigenvalue weighted by molar-refractivity contribution is 5.99. The number of H-pyrrole nitrogens is 1. The number of nitrogens with zero attached hydrogens (tertiary/aromatic N) is 1. The number of carbonyl (C=O) groups is 2. The van der Waals surface area contributed by atoms with Gasteiger partial charge in [-0.25, -0.2) is 8.78 Å². The van der Waals surface area contributed by atoms with Gasteiger partial charge in [-0.3, -0.25) is 9.59 Å². The van der Waals surface area contributed by atoms with Crippen LogP contribution in [0.15, 0.2) is 66.9 Å². The highest BCUT2D eigenvalue weighted by Gasteiger charge is 2.26. The number of fused-ring (bicyclic) bond motifs is 1. The van der Waals surface area contributed by atoms with Crippen LogP contribution in [0.2, 0.25) is 0 Å². The Balaban J connectivity index is 1.58. The maximum Gasteiger partial charge on any atom is 0.249 e. The van der Waals surface area contributed by atoms with Crippen LogP contribution in [0.25, 0.3) is 10.9 Å². The van der Waals surface area contributed by atoms with Crippen LogP contribution in [-0.4, -0.2) is 42.1 Å². The fourth-order valence-electron chi connectivity index (χ4n) is 4.06. The molecule has 1 aromatic heterocycles. The number of phenols is 1. The number of aromatic hydroxyl groups is 1. The van der Waals surface area contributed by atoms with Gasteiger partial charge in [0.05, 0.1) is 13.5 Å². The molecule has 0 aliphatic carbocycles. The minimum absolute atomic E-state index is 0.0612. The number of anilines is 1. The summed E-state index contributed by atoms with van der Waals surface area (Å²) in [6, 6.07) is 13.5. The molecule has 0 saturated heterocycles. The zero-order chi connectivity index (χ0) is 25.8. The number of hydrogen-bond donors (Lipinski definition) is 3. The summed E-state index contributed by atoms with van der Waals surface area (Å²) in [5.74, 6) is -1.79. The number of benzene rings is 3. The molecule has 4 aromatic rings. The largest absolute Gasteiger partial charge is 0.508 e. The van der Waals surface area contributed by atoms with Gasteiger partial charge in [0.1, 0.15) is 29.2 Å². The van der Waals surface area contributed by atoms with Crippen LogP contribution in [0.4, 0.5) is 14.5 Å². The molecule has 0 radical (unpaired) electrons. The molecule has 1 atom stereocenters. The minimum Gasteiger partial charge on any atom is -0.508 e. The second-order valence-corrected chi connectivity index (χ2v) is 8.42. The van der Waals surface area contributed by atoms with Crippen LogP contribution in [0, 0.1) is 11.6 Å². The monoisotopic (exact) mass is 493 g/mol. The summed E-state index contributed by atoms with van der Waals surface area (Å²) in [7, 11) is 3.08. The van der Waals surface area contributed by atoms with E-state index in [1.807, 2.05) is 0 Å². The number of carbonyl (C=O) groups excluding carboxylic acids is 2. The average molecular weight is 494 g/mol. The quantitative estimate of drug-likeness (QED) is 0.345. The molecule has 3 aromatic carbocycles. The summed E-state index contributed by atoms with van der Waals surface area (Å²) < 4.78 is 32.8. The summed E-state index contributed by atoms with van der Waals surface area (Å²) in [6.07, 6.45) is 1.47. The molecule has 0 aliphatic rings. The molecule has 0 bridgehead atoms. The van der Waals surface area contributed by atoms with Gasteiger partial charge in [-0.15, -0.1) is 0 Å². The van der Waals surface area contributed by atoms with Gasteiger partial charge in [0, 0.05) is 42.3 Å². The van der Waals surface area contributed by atoms with Gasteiger partial charge in [0.25, 0.3) is 0 Å². The fraction of sp³-hybridized carbons (Fsp3) is 0.185. The molecule has 4 rings (SSSR count). The summed E-state index contributed by atoms with van der Waals surface area (Å²) >= 11 is 0. The molecular formula is C27H25F2N3O4. The Labute approximate surface area is 206 Å². The topological polar surface area (TPSA) is 94.7 Å². The third-order valence-corrected chi connectivity index (χ3v) is 5.89. The molecule has 0 saturated carbocycles. The number of phenolic OH excluding ortho intramolecular Hbond substituents is 1. The van der Waals surface area contributed by atoms with Crippen LogP contribution < -0.4 is 15.0 Å². The number of likely N-dealkylation sites (N-methyl/N-ethyl adjacent to an activating group) is 1. The molecule has 36 heavy (non-hydrogen) atoms. The molecular weight excluding hydrogens is 468 g/mol. The van der Waals surface area contributed by atoms with Gasteiger partial charge in [-0.05, 0) is 65.7 Å². The van der Waals surface area contributed by atoms with Crippen molar-refractivity contribution >= 4 is 28.4 Å². The molecule has 3 N–H and O–H groups in total. The Hall–Kier alpha value is -4.40. The number of aromatic amines is 1. The number of ether oxygens (including phenoxy) is 1. The first kappa shape index (κ1) is 24.7. The van der Waals surface area contributed by atoms with Crippen LogP contribution in [0.5, 0.6) is 11.5 Å².